The molecule has 1 fully saturated rings. The summed E-state index contributed by atoms with van der Waals surface area (Å²) in [6.07, 6.45) is 1.85. The minimum absolute atomic E-state index is 0.0204. The van der Waals surface area contributed by atoms with E-state index in [1.54, 1.807) is 11.7 Å². The maximum Gasteiger partial charge on any atom is 0.230 e. The fraction of sp³-hybridized carbons (Fsp3) is 0.615. The zero-order chi connectivity index (χ0) is 16.2. The van der Waals surface area contributed by atoms with E-state index in [1.807, 2.05) is 13.0 Å². The Morgan fingerprint density at radius 3 is 2.87 bits per heavy atom. The number of tetrazole rings is 1. The average molecular weight is 336 g/mol. The molecule has 2 aromatic heterocycles. The summed E-state index contributed by atoms with van der Waals surface area (Å²) in [4.78, 5) is 14.3. The first-order chi connectivity index (χ1) is 11.1. The number of hydrogen-bond donors (Lipinski definition) is 2. The summed E-state index contributed by atoms with van der Waals surface area (Å²) in [5.74, 6) is 1.33. The summed E-state index contributed by atoms with van der Waals surface area (Å²) in [7, 11) is 1.76. The second-order valence-corrected chi connectivity index (χ2v) is 6.55. The summed E-state index contributed by atoms with van der Waals surface area (Å²) < 4.78 is 1.56. The van der Waals surface area contributed by atoms with Crippen LogP contribution in [0.3, 0.4) is 0 Å². The van der Waals surface area contributed by atoms with E-state index in [9.17, 15) is 4.79 Å². The maximum atomic E-state index is 12.0. The van der Waals surface area contributed by atoms with E-state index in [2.05, 4.69) is 35.9 Å². The highest BCUT2D eigenvalue weighted by Gasteiger charge is 2.22. The van der Waals surface area contributed by atoms with Crippen molar-refractivity contribution in [2.75, 3.05) is 23.7 Å². The molecule has 3 rings (SSSR count). The van der Waals surface area contributed by atoms with Crippen molar-refractivity contribution < 1.29 is 4.79 Å². The molecule has 3 heterocycles. The number of nitrogens with zero attached hydrogens (tertiary/aromatic N) is 6. The standard InChI is InChI=1S/C13H20N8OS/c1-9-7-11(16-15-9)21-5-3-10(4-6-21)14-12(22)8-23-13-17-18-19-20(13)2/h7,10H,3-6,8H2,1-2H3,(H,14,22)(H,15,16). The lowest BCUT2D eigenvalue weighted by Crippen LogP contribution is -2.45. The summed E-state index contributed by atoms with van der Waals surface area (Å²) in [5.41, 5.74) is 1.06. The number of carbonyl (C=O) groups excluding carboxylic acids is 1. The highest BCUT2D eigenvalue weighted by atomic mass is 32.2. The minimum atomic E-state index is 0.0204. The van der Waals surface area contributed by atoms with Crippen molar-refractivity contribution in [3.05, 3.63) is 11.8 Å². The molecule has 10 heteroatoms. The van der Waals surface area contributed by atoms with Gasteiger partial charge in [0.25, 0.3) is 0 Å². The highest BCUT2D eigenvalue weighted by Crippen LogP contribution is 2.19. The Balaban J connectivity index is 1.41. The van der Waals surface area contributed by atoms with Crippen molar-refractivity contribution in [2.24, 2.45) is 7.05 Å². The molecule has 1 saturated heterocycles. The molecule has 0 spiro atoms. The molecule has 1 aliphatic heterocycles. The first-order valence-electron chi connectivity index (χ1n) is 7.53. The average Bonchev–Trinajstić information content (AvgIpc) is 3.15. The van der Waals surface area contributed by atoms with Crippen LogP contribution in [-0.4, -0.2) is 61.2 Å². The van der Waals surface area contributed by atoms with E-state index < -0.39 is 0 Å². The Morgan fingerprint density at radius 2 is 2.26 bits per heavy atom. The molecule has 2 aromatic rings. The van der Waals surface area contributed by atoms with Crippen molar-refractivity contribution in [1.82, 2.24) is 35.7 Å². The number of nitrogens with one attached hydrogen (secondary N) is 2. The van der Waals surface area contributed by atoms with Gasteiger partial charge in [0, 0.05) is 37.9 Å². The van der Waals surface area contributed by atoms with Crippen molar-refractivity contribution in [2.45, 2.75) is 31.0 Å². The number of hydrogen-bond acceptors (Lipinski definition) is 7. The van der Waals surface area contributed by atoms with E-state index in [4.69, 9.17) is 0 Å². The van der Waals surface area contributed by atoms with Crippen LogP contribution in [0.1, 0.15) is 18.5 Å². The largest absolute Gasteiger partial charge is 0.355 e. The van der Waals surface area contributed by atoms with Crippen LogP contribution in [0.15, 0.2) is 11.2 Å². The van der Waals surface area contributed by atoms with Crippen LogP contribution in [0.25, 0.3) is 0 Å². The number of thioether (sulfide) groups is 1. The second kappa shape index (κ2) is 6.99. The minimum Gasteiger partial charge on any atom is -0.355 e. The summed E-state index contributed by atoms with van der Waals surface area (Å²) in [6.45, 7) is 3.79. The number of piperidine rings is 1. The zero-order valence-corrected chi connectivity index (χ0v) is 14.0. The SMILES string of the molecule is Cc1cc(N2CCC(NC(=O)CSc3nnnn3C)CC2)n[nH]1. The molecule has 1 aliphatic rings. The van der Waals surface area contributed by atoms with Crippen LogP contribution in [0.2, 0.25) is 0 Å². The molecule has 1 amide bonds. The maximum absolute atomic E-state index is 12.0. The Bertz CT molecular complexity index is 660. The topological polar surface area (TPSA) is 105 Å². The Hall–Kier alpha value is -2.10. The van der Waals surface area contributed by atoms with E-state index in [0.717, 1.165) is 37.4 Å². The Morgan fingerprint density at radius 1 is 1.48 bits per heavy atom. The summed E-state index contributed by atoms with van der Waals surface area (Å²) in [6, 6.07) is 2.27. The van der Waals surface area contributed by atoms with E-state index >= 15 is 0 Å². The lowest BCUT2D eigenvalue weighted by Gasteiger charge is -2.32. The molecule has 0 saturated carbocycles. The highest BCUT2D eigenvalue weighted by molar-refractivity contribution is 7.99. The van der Waals surface area contributed by atoms with Crippen LogP contribution in [-0.2, 0) is 11.8 Å². The van der Waals surface area contributed by atoms with E-state index in [0.29, 0.717) is 10.9 Å². The van der Waals surface area contributed by atoms with E-state index in [1.165, 1.54) is 11.8 Å². The van der Waals surface area contributed by atoms with Gasteiger partial charge in [-0.3, -0.25) is 9.89 Å². The van der Waals surface area contributed by atoms with Gasteiger partial charge in [0.2, 0.25) is 11.1 Å². The van der Waals surface area contributed by atoms with Crippen LogP contribution in [0.5, 0.6) is 0 Å². The molecule has 124 valence electrons. The van der Waals surface area contributed by atoms with Gasteiger partial charge in [-0.1, -0.05) is 11.8 Å². The molecule has 0 atom stereocenters. The number of H-pyrrole nitrogens is 1. The summed E-state index contributed by atoms with van der Waals surface area (Å²) in [5, 5.41) is 22.1. The fourth-order valence-electron chi connectivity index (χ4n) is 2.56. The van der Waals surface area contributed by atoms with Gasteiger partial charge in [-0.25, -0.2) is 4.68 Å². The van der Waals surface area contributed by atoms with Gasteiger partial charge in [0.15, 0.2) is 5.82 Å². The zero-order valence-electron chi connectivity index (χ0n) is 13.2. The quantitative estimate of drug-likeness (QED) is 0.747. The molecular formula is C13H20N8OS. The number of rotatable bonds is 5. The van der Waals surface area contributed by atoms with Gasteiger partial charge in [-0.15, -0.1) is 5.10 Å². The number of carbonyl (C=O) groups is 1. The molecule has 9 nitrogen and oxygen atoms in total. The van der Waals surface area contributed by atoms with Crippen LogP contribution in [0.4, 0.5) is 5.82 Å². The molecule has 0 bridgehead atoms. The second-order valence-electron chi connectivity index (χ2n) is 5.61. The van der Waals surface area contributed by atoms with Gasteiger partial charge >= 0.3 is 0 Å². The first-order valence-corrected chi connectivity index (χ1v) is 8.52. The third-order valence-corrected chi connectivity index (χ3v) is 4.80. The van der Waals surface area contributed by atoms with Crippen molar-refractivity contribution in [1.29, 1.82) is 0 Å². The van der Waals surface area contributed by atoms with Crippen LogP contribution < -0.4 is 10.2 Å². The van der Waals surface area contributed by atoms with Gasteiger partial charge in [-0.2, -0.15) is 5.10 Å². The van der Waals surface area contributed by atoms with Gasteiger partial charge < -0.3 is 10.2 Å². The predicted molar refractivity (Wildman–Crippen MR) is 86.2 cm³/mol. The lowest BCUT2D eigenvalue weighted by atomic mass is 10.1. The molecule has 0 radical (unpaired) electrons. The van der Waals surface area contributed by atoms with Gasteiger partial charge in [0.05, 0.1) is 5.75 Å². The number of anilines is 1. The molecular weight excluding hydrogens is 316 g/mol. The first kappa shape index (κ1) is 15.8. The van der Waals surface area contributed by atoms with Gasteiger partial charge in [-0.05, 0) is 30.2 Å². The van der Waals surface area contributed by atoms with Crippen molar-refractivity contribution >= 4 is 23.5 Å². The van der Waals surface area contributed by atoms with E-state index in [-0.39, 0.29) is 11.9 Å². The molecule has 0 aliphatic carbocycles. The number of aromatic amines is 1. The number of aromatic nitrogens is 6. The molecule has 0 aromatic carbocycles. The molecule has 23 heavy (non-hydrogen) atoms. The lowest BCUT2D eigenvalue weighted by molar-refractivity contribution is -0.119. The third-order valence-electron chi connectivity index (χ3n) is 3.79. The normalized spacial score (nSPS) is 15.8. The molecule has 0 unspecified atom stereocenters. The predicted octanol–water partition coefficient (Wildman–Crippen LogP) is 0.119. The number of aryl methyl sites for hydroxylation is 2. The van der Waals surface area contributed by atoms with Crippen molar-refractivity contribution in [3.8, 4) is 0 Å². The van der Waals surface area contributed by atoms with Crippen molar-refractivity contribution in [3.63, 3.8) is 0 Å². The van der Waals surface area contributed by atoms with Crippen LogP contribution in [0, 0.1) is 6.92 Å². The molecule has 2 N–H and O–H groups in total. The summed E-state index contributed by atoms with van der Waals surface area (Å²) >= 11 is 1.34. The fourth-order valence-corrected chi connectivity index (χ4v) is 3.22. The van der Waals surface area contributed by atoms with Gasteiger partial charge in [0.1, 0.15) is 0 Å². The Labute approximate surface area is 138 Å². The number of amides is 1. The Kier molecular flexibility index (Phi) is 4.79. The van der Waals surface area contributed by atoms with Crippen LogP contribution >= 0.6 is 11.8 Å². The smallest absolute Gasteiger partial charge is 0.230 e. The monoisotopic (exact) mass is 336 g/mol. The third kappa shape index (κ3) is 4.01.